The van der Waals surface area contributed by atoms with Crippen LogP contribution in [0.1, 0.15) is 19.8 Å². The first-order valence-corrected chi connectivity index (χ1v) is 8.72. The third-order valence-corrected chi connectivity index (χ3v) is 5.79. The highest BCUT2D eigenvalue weighted by Gasteiger charge is 2.29. The lowest BCUT2D eigenvalue weighted by Crippen LogP contribution is -2.39. The van der Waals surface area contributed by atoms with E-state index in [2.05, 4.69) is 27.6 Å². The van der Waals surface area contributed by atoms with Crippen LogP contribution in [0.25, 0.3) is 0 Å². The maximum absolute atomic E-state index is 12.3. The Morgan fingerprint density at radius 3 is 2.65 bits per heavy atom. The van der Waals surface area contributed by atoms with Crippen molar-refractivity contribution in [3.05, 3.63) is 22.7 Å². The normalized spacial score (nSPS) is 18.9. The number of nitrogens with two attached hydrogens (primary N) is 1. The van der Waals surface area contributed by atoms with E-state index in [9.17, 15) is 8.42 Å². The molecule has 0 radical (unpaired) electrons. The molecule has 0 unspecified atom stereocenters. The summed E-state index contributed by atoms with van der Waals surface area (Å²) >= 11 is 3.25. The largest absolute Gasteiger partial charge is 0.398 e. The van der Waals surface area contributed by atoms with Gasteiger partial charge in [-0.25, -0.2) is 13.1 Å². The molecule has 1 saturated heterocycles. The summed E-state index contributed by atoms with van der Waals surface area (Å²) in [5.74, 6) is 0. The average Bonchev–Trinajstić information content (AvgIpc) is 2.41. The van der Waals surface area contributed by atoms with Gasteiger partial charge in [-0.1, -0.05) is 6.92 Å². The van der Waals surface area contributed by atoms with Crippen molar-refractivity contribution >= 4 is 31.6 Å². The molecule has 0 saturated carbocycles. The van der Waals surface area contributed by atoms with E-state index in [-0.39, 0.29) is 10.3 Å². The second-order valence-electron chi connectivity index (χ2n) is 5.43. The van der Waals surface area contributed by atoms with Crippen molar-refractivity contribution in [1.82, 2.24) is 4.72 Å². The van der Waals surface area contributed by atoms with Gasteiger partial charge in [-0.15, -0.1) is 0 Å². The van der Waals surface area contributed by atoms with E-state index in [1.807, 2.05) is 0 Å². The van der Waals surface area contributed by atoms with Crippen LogP contribution in [-0.2, 0) is 14.8 Å². The molecule has 0 atom stereocenters. The highest BCUT2D eigenvalue weighted by Crippen LogP contribution is 2.29. The number of hydrogen-bond acceptors (Lipinski definition) is 4. The van der Waals surface area contributed by atoms with Gasteiger partial charge in [0.1, 0.15) is 0 Å². The Morgan fingerprint density at radius 2 is 2.05 bits per heavy atom. The Balaban J connectivity index is 2.09. The zero-order valence-electron chi connectivity index (χ0n) is 11.4. The van der Waals surface area contributed by atoms with E-state index >= 15 is 0 Å². The van der Waals surface area contributed by atoms with Gasteiger partial charge >= 0.3 is 0 Å². The highest BCUT2D eigenvalue weighted by molar-refractivity contribution is 9.10. The maximum Gasteiger partial charge on any atom is 0.240 e. The smallest absolute Gasteiger partial charge is 0.240 e. The first-order valence-electron chi connectivity index (χ1n) is 6.45. The molecular weight excluding hydrogens is 344 g/mol. The Bertz CT molecular complexity index is 583. The minimum absolute atomic E-state index is 0.0494. The van der Waals surface area contributed by atoms with Crippen LogP contribution in [0.4, 0.5) is 5.69 Å². The van der Waals surface area contributed by atoms with E-state index in [4.69, 9.17) is 10.5 Å². The Hall–Kier alpha value is -0.630. The molecule has 2 rings (SSSR count). The SMILES string of the molecule is CC1(CNS(=O)(=O)c2ccc(Br)c(N)c2)CCOCC1. The third kappa shape index (κ3) is 3.72. The molecule has 1 aliphatic rings. The Morgan fingerprint density at radius 1 is 1.40 bits per heavy atom. The van der Waals surface area contributed by atoms with Gasteiger partial charge < -0.3 is 10.5 Å². The predicted molar refractivity (Wildman–Crippen MR) is 81.9 cm³/mol. The van der Waals surface area contributed by atoms with E-state index in [0.717, 1.165) is 12.8 Å². The molecule has 1 aromatic carbocycles. The number of hydrogen-bond donors (Lipinski definition) is 2. The first-order chi connectivity index (χ1) is 9.32. The number of nitrogens with one attached hydrogen (secondary N) is 1. The fourth-order valence-corrected chi connectivity index (χ4v) is 3.56. The summed E-state index contributed by atoms with van der Waals surface area (Å²) < 4.78 is 33.2. The van der Waals surface area contributed by atoms with Crippen LogP contribution in [0.3, 0.4) is 0 Å². The number of nitrogen functional groups attached to an aromatic ring is 1. The highest BCUT2D eigenvalue weighted by atomic mass is 79.9. The Kier molecular flexibility index (Phi) is 4.73. The lowest BCUT2D eigenvalue weighted by molar-refractivity contribution is 0.0265. The van der Waals surface area contributed by atoms with Gasteiger partial charge in [0, 0.05) is 29.9 Å². The standard InChI is InChI=1S/C13H19BrN2O3S/c1-13(4-6-19-7-5-13)9-16-20(17,18)10-2-3-11(14)12(15)8-10/h2-3,8,16H,4-7,9,15H2,1H3. The molecule has 112 valence electrons. The van der Waals surface area contributed by atoms with Gasteiger partial charge in [-0.05, 0) is 52.4 Å². The summed E-state index contributed by atoms with van der Waals surface area (Å²) in [6.45, 7) is 3.86. The van der Waals surface area contributed by atoms with E-state index in [0.29, 0.717) is 29.9 Å². The number of sulfonamides is 1. The maximum atomic E-state index is 12.3. The monoisotopic (exact) mass is 362 g/mol. The van der Waals surface area contributed by atoms with Gasteiger partial charge in [-0.3, -0.25) is 0 Å². The average molecular weight is 363 g/mol. The first kappa shape index (κ1) is 15.8. The molecule has 0 spiro atoms. The predicted octanol–water partition coefficient (Wildman–Crippen LogP) is 2.13. The summed E-state index contributed by atoms with van der Waals surface area (Å²) in [6, 6.07) is 4.63. The van der Waals surface area contributed by atoms with Crippen molar-refractivity contribution in [3.8, 4) is 0 Å². The van der Waals surface area contributed by atoms with Crippen LogP contribution in [0.5, 0.6) is 0 Å². The molecule has 1 fully saturated rings. The molecule has 0 bridgehead atoms. The fourth-order valence-electron chi connectivity index (χ4n) is 2.08. The number of ether oxygens (including phenoxy) is 1. The molecule has 7 heteroatoms. The molecule has 0 amide bonds. The molecule has 3 N–H and O–H groups in total. The van der Waals surface area contributed by atoms with Crippen molar-refractivity contribution in [1.29, 1.82) is 0 Å². The fraction of sp³-hybridized carbons (Fsp3) is 0.538. The van der Waals surface area contributed by atoms with Crippen LogP contribution in [0, 0.1) is 5.41 Å². The Labute approximate surface area is 128 Å². The van der Waals surface area contributed by atoms with Gasteiger partial charge in [0.2, 0.25) is 10.0 Å². The quantitative estimate of drug-likeness (QED) is 0.803. The summed E-state index contributed by atoms with van der Waals surface area (Å²) in [5, 5.41) is 0. The van der Waals surface area contributed by atoms with Crippen molar-refractivity contribution in [2.75, 3.05) is 25.5 Å². The summed E-state index contributed by atoms with van der Waals surface area (Å²) in [7, 11) is -3.53. The van der Waals surface area contributed by atoms with Crippen LogP contribution < -0.4 is 10.5 Å². The topological polar surface area (TPSA) is 81.4 Å². The molecule has 5 nitrogen and oxygen atoms in total. The van der Waals surface area contributed by atoms with Crippen molar-refractivity contribution < 1.29 is 13.2 Å². The summed E-state index contributed by atoms with van der Waals surface area (Å²) in [4.78, 5) is 0.189. The van der Waals surface area contributed by atoms with E-state index < -0.39 is 10.0 Å². The zero-order chi connectivity index (χ0) is 14.8. The van der Waals surface area contributed by atoms with E-state index in [1.54, 1.807) is 6.07 Å². The van der Waals surface area contributed by atoms with Gasteiger partial charge in [0.25, 0.3) is 0 Å². The number of benzene rings is 1. The van der Waals surface area contributed by atoms with Crippen molar-refractivity contribution in [2.24, 2.45) is 5.41 Å². The second-order valence-corrected chi connectivity index (χ2v) is 8.05. The molecule has 1 aliphatic heterocycles. The van der Waals surface area contributed by atoms with Crippen LogP contribution >= 0.6 is 15.9 Å². The molecule has 0 aliphatic carbocycles. The van der Waals surface area contributed by atoms with Gasteiger partial charge in [-0.2, -0.15) is 0 Å². The second kappa shape index (κ2) is 6.01. The van der Waals surface area contributed by atoms with E-state index in [1.165, 1.54) is 12.1 Å². The summed E-state index contributed by atoms with van der Waals surface area (Å²) in [6.07, 6.45) is 1.72. The molecule has 1 aromatic rings. The van der Waals surface area contributed by atoms with Crippen molar-refractivity contribution in [3.63, 3.8) is 0 Å². The molecule has 0 aromatic heterocycles. The number of anilines is 1. The minimum Gasteiger partial charge on any atom is -0.398 e. The summed E-state index contributed by atoms with van der Waals surface area (Å²) in [5.41, 5.74) is 6.08. The van der Waals surface area contributed by atoms with Gasteiger partial charge in [0.15, 0.2) is 0 Å². The van der Waals surface area contributed by atoms with Crippen LogP contribution in [0.15, 0.2) is 27.6 Å². The minimum atomic E-state index is -3.53. The number of rotatable bonds is 4. The molecule has 20 heavy (non-hydrogen) atoms. The number of halogens is 1. The molecular formula is C13H19BrN2O3S. The third-order valence-electron chi connectivity index (χ3n) is 3.67. The zero-order valence-corrected chi connectivity index (χ0v) is 13.8. The van der Waals surface area contributed by atoms with Crippen molar-refractivity contribution in [2.45, 2.75) is 24.7 Å². The lowest BCUT2D eigenvalue weighted by atomic mass is 9.83. The van der Waals surface area contributed by atoms with Crippen LogP contribution in [-0.4, -0.2) is 28.2 Å². The molecule has 1 heterocycles. The lowest BCUT2D eigenvalue weighted by Gasteiger charge is -2.33. The van der Waals surface area contributed by atoms with Crippen LogP contribution in [0.2, 0.25) is 0 Å². The van der Waals surface area contributed by atoms with Gasteiger partial charge in [0.05, 0.1) is 4.90 Å².